The lowest BCUT2D eigenvalue weighted by atomic mass is 10.2. The van der Waals surface area contributed by atoms with E-state index in [-0.39, 0.29) is 9.77 Å². The maximum absolute atomic E-state index is 12.4. The van der Waals surface area contributed by atoms with Gasteiger partial charge in [-0.1, -0.05) is 0 Å². The molecule has 0 radical (unpaired) electrons. The van der Waals surface area contributed by atoms with E-state index >= 15 is 0 Å². The second-order valence-corrected chi connectivity index (χ2v) is 7.65. The van der Waals surface area contributed by atoms with Crippen LogP contribution in [0.2, 0.25) is 0 Å². The molecule has 0 bridgehead atoms. The first-order chi connectivity index (χ1) is 10.2. The van der Waals surface area contributed by atoms with Crippen LogP contribution in [0.15, 0.2) is 23.2 Å². The topological polar surface area (TPSA) is 109 Å². The molecule has 0 aliphatic heterocycles. The van der Waals surface area contributed by atoms with Crippen molar-refractivity contribution < 1.29 is 18.3 Å². The minimum Gasteiger partial charge on any atom is -0.477 e. The number of rotatable bonds is 5. The molecule has 0 aliphatic rings. The summed E-state index contributed by atoms with van der Waals surface area (Å²) in [5.74, 6) is -0.600. The van der Waals surface area contributed by atoms with Gasteiger partial charge in [-0.2, -0.15) is 0 Å². The van der Waals surface area contributed by atoms with Crippen LogP contribution in [0.1, 0.15) is 39.0 Å². The van der Waals surface area contributed by atoms with Gasteiger partial charge in [0.1, 0.15) is 10.7 Å². The number of carboxylic acids is 1. The van der Waals surface area contributed by atoms with Crippen LogP contribution in [0.3, 0.4) is 0 Å². The van der Waals surface area contributed by atoms with E-state index < -0.39 is 22.0 Å². The van der Waals surface area contributed by atoms with E-state index in [1.54, 1.807) is 33.0 Å². The van der Waals surface area contributed by atoms with Gasteiger partial charge in [-0.25, -0.2) is 27.9 Å². The highest BCUT2D eigenvalue weighted by molar-refractivity contribution is 7.89. The number of sulfonamides is 1. The Morgan fingerprint density at radius 1 is 1.41 bits per heavy atom. The molecule has 2 aromatic rings. The van der Waals surface area contributed by atoms with Crippen molar-refractivity contribution in [1.29, 1.82) is 0 Å². The van der Waals surface area contributed by atoms with Gasteiger partial charge in [-0.3, -0.25) is 0 Å². The van der Waals surface area contributed by atoms with Crippen molar-refractivity contribution in [3.8, 4) is 0 Å². The predicted octanol–water partition coefficient (Wildman–Crippen LogP) is 1.89. The summed E-state index contributed by atoms with van der Waals surface area (Å²) < 4.78 is 27.3. The molecule has 9 heteroatoms. The zero-order valence-electron chi connectivity index (χ0n) is 12.2. The Kier molecular flexibility index (Phi) is 4.59. The minimum atomic E-state index is -3.83. The van der Waals surface area contributed by atoms with E-state index in [4.69, 9.17) is 5.11 Å². The van der Waals surface area contributed by atoms with Crippen molar-refractivity contribution in [3.63, 3.8) is 0 Å². The van der Waals surface area contributed by atoms with Crippen molar-refractivity contribution in [2.75, 3.05) is 0 Å². The van der Waals surface area contributed by atoms with E-state index in [9.17, 15) is 13.2 Å². The van der Waals surface area contributed by atoms with E-state index in [1.807, 2.05) is 0 Å². The number of hydrogen-bond donors (Lipinski definition) is 2. The van der Waals surface area contributed by atoms with Crippen LogP contribution in [0, 0.1) is 13.8 Å². The average Bonchev–Trinajstić information content (AvgIpc) is 2.81. The summed E-state index contributed by atoms with van der Waals surface area (Å²) in [6, 6.07) is 2.24. The molecular formula is C13H15N3O4S2. The van der Waals surface area contributed by atoms with Crippen LogP contribution in [-0.4, -0.2) is 29.5 Å². The number of aromatic carboxylic acids is 1. The molecule has 1 unspecified atom stereocenters. The Hall–Kier alpha value is -1.84. The summed E-state index contributed by atoms with van der Waals surface area (Å²) in [6.07, 6.45) is 1.56. The molecule has 0 spiro atoms. The minimum absolute atomic E-state index is 0.0107. The molecule has 2 aromatic heterocycles. The maximum Gasteiger partial charge on any atom is 0.345 e. The number of aryl methyl sites for hydroxylation is 2. The van der Waals surface area contributed by atoms with Crippen LogP contribution in [0.5, 0.6) is 0 Å². The fraction of sp³-hybridized carbons (Fsp3) is 0.308. The Labute approximate surface area is 132 Å². The molecule has 0 saturated heterocycles. The highest BCUT2D eigenvalue weighted by atomic mass is 32.2. The van der Waals surface area contributed by atoms with Crippen molar-refractivity contribution in [2.45, 2.75) is 31.7 Å². The summed E-state index contributed by atoms with van der Waals surface area (Å²) >= 11 is 0.930. The lowest BCUT2D eigenvalue weighted by Crippen LogP contribution is -2.27. The zero-order chi connectivity index (χ0) is 16.5. The van der Waals surface area contributed by atoms with E-state index in [0.717, 1.165) is 11.3 Å². The van der Waals surface area contributed by atoms with Crippen molar-refractivity contribution >= 4 is 27.3 Å². The second-order valence-electron chi connectivity index (χ2n) is 4.71. The lowest BCUT2D eigenvalue weighted by Gasteiger charge is -2.13. The highest BCUT2D eigenvalue weighted by Crippen LogP contribution is 2.26. The lowest BCUT2D eigenvalue weighted by molar-refractivity contribution is 0.0702. The van der Waals surface area contributed by atoms with Crippen LogP contribution >= 0.6 is 11.3 Å². The van der Waals surface area contributed by atoms with Gasteiger partial charge < -0.3 is 5.11 Å². The summed E-state index contributed by atoms with van der Waals surface area (Å²) in [5.41, 5.74) is 0.544. The average molecular weight is 341 g/mol. The van der Waals surface area contributed by atoms with Gasteiger partial charge in [-0.05, 0) is 32.9 Å². The SMILES string of the molecule is Cc1nccc(C(C)NS(=O)(=O)c2cc(C(=O)O)sc2C)n1. The third-order valence-electron chi connectivity index (χ3n) is 2.95. The van der Waals surface area contributed by atoms with Gasteiger partial charge in [0.2, 0.25) is 10.0 Å². The molecule has 7 nitrogen and oxygen atoms in total. The number of carboxylic acid groups (broad SMARTS) is 1. The highest BCUT2D eigenvalue weighted by Gasteiger charge is 2.24. The monoisotopic (exact) mass is 341 g/mol. The number of carbonyl (C=O) groups is 1. The molecule has 2 rings (SSSR count). The van der Waals surface area contributed by atoms with Gasteiger partial charge in [0, 0.05) is 11.1 Å². The summed E-state index contributed by atoms with van der Waals surface area (Å²) in [5, 5.41) is 8.96. The Morgan fingerprint density at radius 3 is 2.64 bits per heavy atom. The van der Waals surface area contributed by atoms with Crippen molar-refractivity contribution in [1.82, 2.24) is 14.7 Å². The van der Waals surface area contributed by atoms with Crippen LogP contribution in [-0.2, 0) is 10.0 Å². The Balaban J connectivity index is 2.29. The quantitative estimate of drug-likeness (QED) is 0.859. The molecule has 0 aromatic carbocycles. The standard InChI is InChI=1S/C13H15N3O4S2/c1-7(10-4-5-14-9(3)15-10)16-22(19,20)12-6-11(13(17)18)21-8(12)2/h4-7,16H,1-3H3,(H,17,18). The van der Waals surface area contributed by atoms with Crippen LogP contribution in [0.4, 0.5) is 0 Å². The molecule has 22 heavy (non-hydrogen) atoms. The van der Waals surface area contributed by atoms with Gasteiger partial charge in [0.25, 0.3) is 0 Å². The molecule has 0 amide bonds. The molecule has 0 saturated carbocycles. The van der Waals surface area contributed by atoms with Crippen LogP contribution < -0.4 is 4.72 Å². The number of aromatic nitrogens is 2. The number of nitrogens with zero attached hydrogens (tertiary/aromatic N) is 2. The smallest absolute Gasteiger partial charge is 0.345 e. The van der Waals surface area contributed by atoms with E-state index in [1.165, 1.54) is 6.07 Å². The Morgan fingerprint density at radius 2 is 2.09 bits per heavy atom. The van der Waals surface area contributed by atoms with Gasteiger partial charge in [-0.15, -0.1) is 11.3 Å². The molecule has 0 fully saturated rings. The predicted molar refractivity (Wildman–Crippen MR) is 81.5 cm³/mol. The number of hydrogen-bond acceptors (Lipinski definition) is 6. The third-order valence-corrected chi connectivity index (χ3v) is 5.78. The fourth-order valence-corrected chi connectivity index (χ4v) is 4.56. The molecule has 0 aliphatic carbocycles. The number of nitrogens with one attached hydrogen (secondary N) is 1. The first kappa shape index (κ1) is 16.5. The van der Waals surface area contributed by atoms with Crippen molar-refractivity contribution in [2.24, 2.45) is 0 Å². The molecule has 1 atom stereocenters. The molecular weight excluding hydrogens is 326 g/mol. The first-order valence-electron chi connectivity index (χ1n) is 6.36. The van der Waals surface area contributed by atoms with E-state index in [2.05, 4.69) is 14.7 Å². The normalized spacial score (nSPS) is 13.0. The van der Waals surface area contributed by atoms with Crippen LogP contribution in [0.25, 0.3) is 0 Å². The summed E-state index contributed by atoms with van der Waals surface area (Å²) in [7, 11) is -3.83. The Bertz CT molecular complexity index is 814. The summed E-state index contributed by atoms with van der Waals surface area (Å²) in [6.45, 7) is 4.96. The first-order valence-corrected chi connectivity index (χ1v) is 8.66. The van der Waals surface area contributed by atoms with Gasteiger partial charge in [0.05, 0.1) is 16.6 Å². The van der Waals surface area contributed by atoms with Gasteiger partial charge >= 0.3 is 5.97 Å². The van der Waals surface area contributed by atoms with Gasteiger partial charge in [0.15, 0.2) is 0 Å². The van der Waals surface area contributed by atoms with E-state index in [0.29, 0.717) is 16.4 Å². The summed E-state index contributed by atoms with van der Waals surface area (Å²) in [4.78, 5) is 19.5. The largest absolute Gasteiger partial charge is 0.477 e. The fourth-order valence-electron chi connectivity index (χ4n) is 1.91. The number of thiophene rings is 1. The molecule has 2 N–H and O–H groups in total. The zero-order valence-corrected chi connectivity index (χ0v) is 13.8. The maximum atomic E-state index is 12.4. The van der Waals surface area contributed by atoms with Crippen molar-refractivity contribution in [3.05, 3.63) is 39.6 Å². The molecule has 2 heterocycles. The molecule has 118 valence electrons. The third kappa shape index (κ3) is 3.49. The second kappa shape index (κ2) is 6.11.